The first kappa shape index (κ1) is 15.0. The minimum atomic E-state index is -0.239. The molecule has 2 heteroatoms. The molecule has 1 fully saturated rings. The van der Waals surface area contributed by atoms with E-state index in [1.54, 1.807) is 7.11 Å². The van der Waals surface area contributed by atoms with Crippen molar-refractivity contribution in [3.8, 4) is 0 Å². The number of rotatable bonds is 10. The van der Waals surface area contributed by atoms with Gasteiger partial charge in [-0.1, -0.05) is 51.9 Å². The van der Waals surface area contributed by atoms with Gasteiger partial charge in [-0.05, 0) is 25.7 Å². The van der Waals surface area contributed by atoms with E-state index >= 15 is 0 Å². The van der Waals surface area contributed by atoms with Crippen LogP contribution in [0.3, 0.4) is 0 Å². The number of methoxy groups -OCH3 is 1. The molecular weight excluding hydrogens is 212 g/mol. The Morgan fingerprint density at radius 3 is 2.12 bits per heavy atom. The Labute approximate surface area is 107 Å². The SMILES string of the molecule is CCCCCCCCCC(O)C1(OC)CCC1. The van der Waals surface area contributed by atoms with Gasteiger partial charge in [0.15, 0.2) is 0 Å². The lowest BCUT2D eigenvalue weighted by Gasteiger charge is -2.44. The highest BCUT2D eigenvalue weighted by molar-refractivity contribution is 4.95. The number of hydrogen-bond acceptors (Lipinski definition) is 2. The fourth-order valence-electron chi connectivity index (χ4n) is 2.76. The second-order valence-corrected chi connectivity index (χ2v) is 5.55. The third-order valence-electron chi connectivity index (χ3n) is 4.29. The predicted molar refractivity (Wildman–Crippen MR) is 72.2 cm³/mol. The summed E-state index contributed by atoms with van der Waals surface area (Å²) in [5, 5.41) is 10.1. The second-order valence-electron chi connectivity index (χ2n) is 5.55. The van der Waals surface area contributed by atoms with Crippen LogP contribution in [-0.2, 0) is 4.74 Å². The molecule has 1 N–H and O–H groups in total. The van der Waals surface area contributed by atoms with Crippen molar-refractivity contribution in [3.05, 3.63) is 0 Å². The standard InChI is InChI=1S/C15H30O2/c1-3-4-5-6-7-8-9-11-14(16)15(17-2)12-10-13-15/h14,16H,3-13H2,1-2H3. The molecule has 0 saturated heterocycles. The number of hydrogen-bond donors (Lipinski definition) is 1. The van der Waals surface area contributed by atoms with Gasteiger partial charge in [-0.15, -0.1) is 0 Å². The third-order valence-corrected chi connectivity index (χ3v) is 4.29. The molecule has 0 amide bonds. The van der Waals surface area contributed by atoms with E-state index in [2.05, 4.69) is 6.92 Å². The highest BCUT2D eigenvalue weighted by Crippen LogP contribution is 2.39. The van der Waals surface area contributed by atoms with E-state index in [-0.39, 0.29) is 11.7 Å². The summed E-state index contributed by atoms with van der Waals surface area (Å²) in [4.78, 5) is 0. The van der Waals surface area contributed by atoms with E-state index in [0.717, 1.165) is 25.7 Å². The molecule has 0 aromatic carbocycles. The Morgan fingerprint density at radius 1 is 1.06 bits per heavy atom. The monoisotopic (exact) mass is 242 g/mol. The van der Waals surface area contributed by atoms with Crippen molar-refractivity contribution in [2.24, 2.45) is 0 Å². The molecule has 1 saturated carbocycles. The fourth-order valence-corrected chi connectivity index (χ4v) is 2.76. The van der Waals surface area contributed by atoms with E-state index in [1.165, 1.54) is 44.9 Å². The molecule has 0 radical (unpaired) electrons. The fraction of sp³-hybridized carbons (Fsp3) is 1.00. The minimum absolute atomic E-state index is 0.178. The molecule has 1 aliphatic rings. The van der Waals surface area contributed by atoms with E-state index in [4.69, 9.17) is 4.74 Å². The lowest BCUT2D eigenvalue weighted by Crippen LogP contribution is -2.49. The highest BCUT2D eigenvalue weighted by Gasteiger charge is 2.43. The van der Waals surface area contributed by atoms with Gasteiger partial charge in [0.05, 0.1) is 11.7 Å². The van der Waals surface area contributed by atoms with Crippen LogP contribution in [0.15, 0.2) is 0 Å². The van der Waals surface area contributed by atoms with Gasteiger partial charge in [-0.3, -0.25) is 0 Å². The first-order chi connectivity index (χ1) is 8.25. The topological polar surface area (TPSA) is 29.5 Å². The summed E-state index contributed by atoms with van der Waals surface area (Å²) in [6, 6.07) is 0. The molecule has 102 valence electrons. The predicted octanol–water partition coefficient (Wildman–Crippen LogP) is 4.06. The van der Waals surface area contributed by atoms with Gasteiger partial charge in [0.1, 0.15) is 0 Å². The third kappa shape index (κ3) is 4.59. The smallest absolute Gasteiger partial charge is 0.0936 e. The van der Waals surface area contributed by atoms with Crippen molar-refractivity contribution in [1.29, 1.82) is 0 Å². The van der Waals surface area contributed by atoms with Crippen LogP contribution < -0.4 is 0 Å². The number of aliphatic hydroxyl groups excluding tert-OH is 1. The maximum Gasteiger partial charge on any atom is 0.0936 e. The molecule has 1 atom stereocenters. The van der Waals surface area contributed by atoms with Gasteiger partial charge in [-0.2, -0.15) is 0 Å². The van der Waals surface area contributed by atoms with Gasteiger partial charge in [0, 0.05) is 7.11 Å². The van der Waals surface area contributed by atoms with Gasteiger partial charge in [-0.25, -0.2) is 0 Å². The molecular formula is C15H30O2. The quantitative estimate of drug-likeness (QED) is 0.585. The van der Waals surface area contributed by atoms with E-state index in [9.17, 15) is 5.11 Å². The number of aliphatic hydroxyl groups is 1. The summed E-state index contributed by atoms with van der Waals surface area (Å²) < 4.78 is 5.50. The van der Waals surface area contributed by atoms with Crippen LogP contribution >= 0.6 is 0 Å². The van der Waals surface area contributed by atoms with Gasteiger partial charge < -0.3 is 9.84 Å². The molecule has 0 aromatic heterocycles. The van der Waals surface area contributed by atoms with Crippen molar-refractivity contribution in [2.75, 3.05) is 7.11 Å². The Bertz CT molecular complexity index is 182. The maximum atomic E-state index is 10.1. The summed E-state index contributed by atoms with van der Waals surface area (Å²) in [6.45, 7) is 2.25. The largest absolute Gasteiger partial charge is 0.390 e. The average molecular weight is 242 g/mol. The van der Waals surface area contributed by atoms with Crippen molar-refractivity contribution >= 4 is 0 Å². The van der Waals surface area contributed by atoms with Crippen LogP contribution in [0.2, 0.25) is 0 Å². The second kappa shape index (κ2) is 8.10. The minimum Gasteiger partial charge on any atom is -0.390 e. The van der Waals surface area contributed by atoms with Crippen LogP contribution in [0, 0.1) is 0 Å². The first-order valence-electron chi connectivity index (χ1n) is 7.48. The molecule has 0 aromatic rings. The van der Waals surface area contributed by atoms with E-state index in [0.29, 0.717) is 0 Å². The summed E-state index contributed by atoms with van der Waals surface area (Å²) in [5.74, 6) is 0. The number of unbranched alkanes of at least 4 members (excludes halogenated alkanes) is 6. The Balaban J connectivity index is 1.98. The summed E-state index contributed by atoms with van der Waals surface area (Å²) in [6.07, 6.45) is 13.1. The molecule has 1 rings (SSSR count). The van der Waals surface area contributed by atoms with Crippen molar-refractivity contribution in [2.45, 2.75) is 89.3 Å². The zero-order valence-corrected chi connectivity index (χ0v) is 11.7. The van der Waals surface area contributed by atoms with Crippen LogP contribution in [0.4, 0.5) is 0 Å². The zero-order valence-electron chi connectivity index (χ0n) is 11.7. The summed E-state index contributed by atoms with van der Waals surface area (Å²) in [5.41, 5.74) is -0.178. The van der Waals surface area contributed by atoms with Crippen molar-refractivity contribution < 1.29 is 9.84 Å². The van der Waals surface area contributed by atoms with Crippen LogP contribution in [0.1, 0.15) is 77.6 Å². The molecule has 0 heterocycles. The number of ether oxygens (including phenoxy) is 1. The lowest BCUT2D eigenvalue weighted by atomic mass is 9.74. The van der Waals surface area contributed by atoms with E-state index < -0.39 is 0 Å². The Hall–Kier alpha value is -0.0800. The first-order valence-corrected chi connectivity index (χ1v) is 7.48. The van der Waals surface area contributed by atoms with Crippen molar-refractivity contribution in [1.82, 2.24) is 0 Å². The Morgan fingerprint density at radius 2 is 1.65 bits per heavy atom. The lowest BCUT2D eigenvalue weighted by molar-refractivity contribution is -0.151. The molecule has 2 nitrogen and oxygen atoms in total. The van der Waals surface area contributed by atoms with Gasteiger partial charge in [0.2, 0.25) is 0 Å². The van der Waals surface area contributed by atoms with Crippen molar-refractivity contribution in [3.63, 3.8) is 0 Å². The maximum absolute atomic E-state index is 10.1. The Kier molecular flexibility index (Phi) is 7.14. The average Bonchev–Trinajstić information content (AvgIpc) is 2.27. The van der Waals surface area contributed by atoms with Gasteiger partial charge in [0.25, 0.3) is 0 Å². The summed E-state index contributed by atoms with van der Waals surface area (Å²) >= 11 is 0. The summed E-state index contributed by atoms with van der Waals surface area (Å²) in [7, 11) is 1.74. The molecule has 1 unspecified atom stereocenters. The normalized spacial score (nSPS) is 19.9. The van der Waals surface area contributed by atoms with Crippen LogP contribution in [0.5, 0.6) is 0 Å². The molecule has 0 bridgehead atoms. The zero-order chi connectivity index (χ0) is 12.6. The van der Waals surface area contributed by atoms with Gasteiger partial charge >= 0.3 is 0 Å². The molecule has 17 heavy (non-hydrogen) atoms. The molecule has 0 aliphatic heterocycles. The van der Waals surface area contributed by atoms with Crippen LogP contribution in [-0.4, -0.2) is 23.9 Å². The van der Waals surface area contributed by atoms with E-state index in [1.807, 2.05) is 0 Å². The highest BCUT2D eigenvalue weighted by atomic mass is 16.5. The molecule has 0 spiro atoms. The molecule has 1 aliphatic carbocycles. The van der Waals surface area contributed by atoms with Crippen LogP contribution in [0.25, 0.3) is 0 Å².